The number of carbonyl (C=O) groups is 4. The Balaban J connectivity index is 2.19. The molecule has 0 unspecified atom stereocenters. The summed E-state index contributed by atoms with van der Waals surface area (Å²) >= 11 is 0. The number of aliphatic hydroxyl groups excluding tert-OH is 5. The second kappa shape index (κ2) is 14.8. The van der Waals surface area contributed by atoms with E-state index in [0.29, 0.717) is 0 Å². The number of hydrogen-bond donors (Lipinski definition) is 7. The molecule has 0 fully saturated rings. The molecule has 1 aliphatic carbocycles. The summed E-state index contributed by atoms with van der Waals surface area (Å²) in [7, 11) is 0. The summed E-state index contributed by atoms with van der Waals surface area (Å²) in [4.78, 5) is 53.5. The highest BCUT2D eigenvalue weighted by atomic mass is 16.3. The van der Waals surface area contributed by atoms with Gasteiger partial charge in [0.05, 0.1) is 42.3 Å². The van der Waals surface area contributed by atoms with Crippen LogP contribution in [0.25, 0.3) is 0 Å². The summed E-state index contributed by atoms with van der Waals surface area (Å²) in [5, 5.41) is 67.8. The summed E-state index contributed by atoms with van der Waals surface area (Å²) < 4.78 is 0. The van der Waals surface area contributed by atoms with Gasteiger partial charge in [0.15, 0.2) is 11.6 Å². The van der Waals surface area contributed by atoms with Crippen LogP contribution >= 0.6 is 0 Å². The average Bonchev–Trinajstić information content (AvgIpc) is 3.03. The van der Waals surface area contributed by atoms with Crippen LogP contribution in [0.15, 0.2) is 53.3 Å². The number of aromatic hydroxyl groups is 1. The molecule has 7 N–H and O–H groups in total. The third-order valence-corrected chi connectivity index (χ3v) is 9.34. The van der Waals surface area contributed by atoms with Crippen LogP contribution in [-0.4, -0.2) is 84.9 Å². The summed E-state index contributed by atoms with van der Waals surface area (Å²) in [6.45, 7) is 10.1. The maximum atomic E-state index is 13.7. The number of hydrogen-bond acceptors (Lipinski definition) is 10. The van der Waals surface area contributed by atoms with Gasteiger partial charge in [0.25, 0.3) is 5.91 Å². The maximum absolute atomic E-state index is 13.7. The zero-order valence-corrected chi connectivity index (χ0v) is 27.2. The third-order valence-electron chi connectivity index (χ3n) is 9.34. The third kappa shape index (κ3) is 7.29. The molecule has 0 spiro atoms. The van der Waals surface area contributed by atoms with Crippen LogP contribution in [0.2, 0.25) is 0 Å². The Kier molecular flexibility index (Phi) is 11.8. The SMILES string of the molecule is C/C1=C\C=C\[C@H](C)[C@H](O)[C@@H](C)[C@@H](O)[C@@H](C)[C@H](O)[C@H](C)[C@@H](O)[C@@H](CO)/C=C(\C)C(=O)c2c(O)c(C)cc3c2C(=O)C=C(NC1=O)C3=O. The van der Waals surface area contributed by atoms with E-state index in [4.69, 9.17) is 0 Å². The van der Waals surface area contributed by atoms with E-state index in [2.05, 4.69) is 5.32 Å². The molecule has 4 bridgehead atoms. The molecule has 46 heavy (non-hydrogen) atoms. The first kappa shape index (κ1) is 36.7. The Morgan fingerprint density at radius 3 is 1.91 bits per heavy atom. The number of rotatable bonds is 1. The van der Waals surface area contributed by atoms with E-state index in [-0.39, 0.29) is 33.5 Å². The molecule has 1 aromatic rings. The van der Waals surface area contributed by atoms with Gasteiger partial charge in [0.2, 0.25) is 5.78 Å². The Bertz CT molecular complexity index is 1520. The fourth-order valence-corrected chi connectivity index (χ4v) is 6.04. The van der Waals surface area contributed by atoms with Crippen LogP contribution in [0.4, 0.5) is 0 Å². The molecule has 4 rings (SSSR count). The van der Waals surface area contributed by atoms with Gasteiger partial charge in [0.1, 0.15) is 5.75 Å². The number of aliphatic hydroxyl groups is 5. The number of ketones is 3. The topological polar surface area (TPSA) is 202 Å². The van der Waals surface area contributed by atoms with Crippen molar-refractivity contribution in [3.8, 4) is 5.75 Å². The first-order valence-corrected chi connectivity index (χ1v) is 15.3. The Morgan fingerprint density at radius 2 is 1.33 bits per heavy atom. The minimum atomic E-state index is -1.39. The molecule has 0 saturated carbocycles. The van der Waals surface area contributed by atoms with E-state index in [1.165, 1.54) is 45.9 Å². The highest BCUT2D eigenvalue weighted by Gasteiger charge is 2.39. The number of aryl methyl sites for hydroxylation is 1. The number of fused-ring (bicyclic) bond motifs is 15. The zero-order valence-electron chi connectivity index (χ0n) is 27.2. The van der Waals surface area contributed by atoms with Gasteiger partial charge in [-0.2, -0.15) is 0 Å². The number of allylic oxidation sites excluding steroid dienone is 5. The highest BCUT2D eigenvalue weighted by Crippen LogP contribution is 2.35. The molecule has 1 amide bonds. The van der Waals surface area contributed by atoms with Gasteiger partial charge in [-0.3, -0.25) is 19.2 Å². The molecular formula is C35H45NO10. The molecule has 2 heterocycles. The van der Waals surface area contributed by atoms with Gasteiger partial charge in [-0.25, -0.2) is 0 Å². The first-order chi connectivity index (χ1) is 21.4. The van der Waals surface area contributed by atoms with Crippen LogP contribution in [0.5, 0.6) is 5.75 Å². The lowest BCUT2D eigenvalue weighted by Gasteiger charge is -2.37. The molecule has 11 heteroatoms. The van der Waals surface area contributed by atoms with Crippen molar-refractivity contribution in [3.05, 3.63) is 75.5 Å². The van der Waals surface area contributed by atoms with E-state index >= 15 is 0 Å². The van der Waals surface area contributed by atoms with Crippen molar-refractivity contribution in [3.63, 3.8) is 0 Å². The van der Waals surface area contributed by atoms with Crippen molar-refractivity contribution in [2.24, 2.45) is 29.6 Å². The number of amides is 1. The van der Waals surface area contributed by atoms with Crippen molar-refractivity contribution in [2.75, 3.05) is 6.61 Å². The van der Waals surface area contributed by atoms with Gasteiger partial charge in [-0.1, -0.05) is 52.0 Å². The van der Waals surface area contributed by atoms with E-state index in [1.807, 2.05) is 0 Å². The van der Waals surface area contributed by atoms with E-state index in [1.54, 1.807) is 32.9 Å². The van der Waals surface area contributed by atoms with Crippen LogP contribution < -0.4 is 5.32 Å². The summed E-state index contributed by atoms with van der Waals surface area (Å²) in [6, 6.07) is 1.26. The molecule has 250 valence electrons. The lowest BCUT2D eigenvalue weighted by atomic mass is 9.76. The smallest absolute Gasteiger partial charge is 0.251 e. The molecule has 0 saturated heterocycles. The quantitative estimate of drug-likeness (QED) is 0.239. The molecule has 0 aromatic heterocycles. The molecule has 11 nitrogen and oxygen atoms in total. The summed E-state index contributed by atoms with van der Waals surface area (Å²) in [5.74, 6) is -7.57. The highest BCUT2D eigenvalue weighted by molar-refractivity contribution is 6.30. The predicted molar refractivity (Wildman–Crippen MR) is 170 cm³/mol. The molecule has 3 aliphatic rings. The minimum Gasteiger partial charge on any atom is -0.507 e. The summed E-state index contributed by atoms with van der Waals surface area (Å²) in [6.07, 6.45) is 1.87. The van der Waals surface area contributed by atoms with Gasteiger partial charge < -0.3 is 36.0 Å². The number of carbonyl (C=O) groups excluding carboxylic acids is 4. The van der Waals surface area contributed by atoms with Crippen LogP contribution in [0, 0.1) is 36.5 Å². The van der Waals surface area contributed by atoms with Gasteiger partial charge in [-0.05, 0) is 38.0 Å². The Morgan fingerprint density at radius 1 is 0.761 bits per heavy atom. The normalized spacial score (nSPS) is 35.0. The molecule has 2 aliphatic heterocycles. The second-order valence-electron chi connectivity index (χ2n) is 12.7. The fraction of sp³-hybridized carbons (Fsp3) is 0.486. The summed E-state index contributed by atoms with van der Waals surface area (Å²) in [5.41, 5.74) is -1.02. The Labute approximate surface area is 268 Å². The maximum Gasteiger partial charge on any atom is 0.251 e. The van der Waals surface area contributed by atoms with E-state index < -0.39 is 95.2 Å². The lowest BCUT2D eigenvalue weighted by molar-refractivity contribution is -0.116. The van der Waals surface area contributed by atoms with Crippen molar-refractivity contribution in [1.29, 1.82) is 0 Å². The molecule has 0 radical (unpaired) electrons. The van der Waals surface area contributed by atoms with Crippen LogP contribution in [0.1, 0.15) is 78.2 Å². The van der Waals surface area contributed by atoms with Crippen molar-refractivity contribution >= 4 is 23.3 Å². The number of nitrogens with one attached hydrogen (secondary N) is 1. The Hall–Kier alpha value is -3.74. The van der Waals surface area contributed by atoms with Crippen molar-refractivity contribution in [1.82, 2.24) is 5.32 Å². The van der Waals surface area contributed by atoms with Crippen LogP contribution in [-0.2, 0) is 4.79 Å². The second-order valence-corrected chi connectivity index (χ2v) is 12.7. The zero-order chi connectivity index (χ0) is 34.8. The van der Waals surface area contributed by atoms with Gasteiger partial charge in [-0.15, -0.1) is 0 Å². The lowest BCUT2D eigenvalue weighted by Crippen LogP contribution is -2.46. The minimum absolute atomic E-state index is 0.0586. The van der Waals surface area contributed by atoms with E-state index in [9.17, 15) is 49.8 Å². The average molecular weight is 640 g/mol. The molecule has 9 atom stereocenters. The standard InChI is InChI=1S/C35H45NO10/c1-15-9-8-10-16(2)35(46)36-24-13-25(38)26-23(34(24)45)12-18(4)30(41)27(26)29(40)17(3)11-22(14-37)33(44)21(7)32(43)20(6)31(42)19(5)28(15)39/h8-13,15,19-22,28,31-33,37,39,41-44H,14H2,1-7H3,(H,36,46)/b9-8+,16-10+,17-11+/t15-,19+,20+,21-,22+,28-,31+,32-,33+/m0/s1. The number of phenolic OH excluding ortho intramolecular Hbond substituents is 1. The monoisotopic (exact) mass is 639 g/mol. The number of phenols is 1. The van der Waals surface area contributed by atoms with Crippen molar-refractivity contribution < 1.29 is 49.8 Å². The molecule has 1 aromatic carbocycles. The van der Waals surface area contributed by atoms with E-state index in [0.717, 1.165) is 6.08 Å². The van der Waals surface area contributed by atoms with Crippen LogP contribution in [0.3, 0.4) is 0 Å². The largest absolute Gasteiger partial charge is 0.507 e. The van der Waals surface area contributed by atoms with Gasteiger partial charge >= 0.3 is 0 Å². The first-order valence-electron chi connectivity index (χ1n) is 15.3. The molecular weight excluding hydrogens is 594 g/mol. The number of benzene rings is 1. The fourth-order valence-electron chi connectivity index (χ4n) is 6.04. The predicted octanol–water partition coefficient (Wildman–Crippen LogP) is 2.32. The van der Waals surface area contributed by atoms with Gasteiger partial charge in [0, 0.05) is 52.4 Å². The number of Topliss-reactive ketones (excluding diaryl/α,β-unsaturated/α-hetero) is 2. The van der Waals surface area contributed by atoms with Crippen molar-refractivity contribution in [2.45, 2.75) is 72.9 Å².